The quantitative estimate of drug-likeness (QED) is 0.0315. The molecule has 0 unspecified atom stereocenters. The summed E-state index contributed by atoms with van der Waals surface area (Å²) in [5, 5.41) is 31.0. The summed E-state index contributed by atoms with van der Waals surface area (Å²) < 4.78 is 72.2. The standard InChI is InChI=1S/C33H38N2O7.C33H38N2O6.C15H13BrN2O3S2/c1-20(2)39-14-15-40-25-11-8-23(9-12-25)32-30(33(37)38)26(24-10-13-27-28(16-24)42-19-41-27)17-35(32)18-29(36)34-31-21(3)6-5-7-22(31)4;1-4-16-39-25-13-10-23(11-14-25)32-30(33(37)38)26(24-12-15-27-28(17-24)41-20-40-27)18-35(32)19-29(36)34-31-21(5-2)8-7-9-22(31)6-3;1-9-3-5-11(6-4-9)12-7-8-13(22-12)23(19,20)18-15-14(16)10(2)17-21-15/h5-13,16,20,26,30,32H,14-15,17-19H2,1-4H3,(H,34,36)(H,37,38);7-15,17,26,30,32H,4-6,16,18-20H2,1-3H3,(H,34,36)(H,37,38);3-8,18H,1-2H3/t2*26-,30-,32+;/m11./s1. The van der Waals surface area contributed by atoms with Crippen LogP contribution in [0, 0.1) is 39.5 Å². The topological polar surface area (TPSA) is 276 Å². The number of hydrogen-bond acceptors (Lipinski definition) is 18. The third-order valence-electron chi connectivity index (χ3n) is 19.0. The van der Waals surface area contributed by atoms with E-state index in [1.807, 2.05) is 197 Å². The number of halogens is 1. The second-order valence-electron chi connectivity index (χ2n) is 26.7. The number of aliphatic carboxylic acids is 2. The Morgan fingerprint density at radius 2 is 1.08 bits per heavy atom. The van der Waals surface area contributed by atoms with E-state index in [1.54, 1.807) is 19.1 Å². The number of nitrogens with one attached hydrogen (secondary N) is 3. The smallest absolute Gasteiger partial charge is 0.309 e. The number of thiophene rings is 1. The summed E-state index contributed by atoms with van der Waals surface area (Å²) in [5.41, 5.74) is 11.8. The van der Waals surface area contributed by atoms with Gasteiger partial charge in [-0.05, 0) is 187 Å². The lowest BCUT2D eigenvalue weighted by Crippen LogP contribution is -2.35. The number of sulfonamides is 1. The third-order valence-corrected chi connectivity index (χ3v) is 22.9. The first kappa shape index (κ1) is 77.3. The van der Waals surface area contributed by atoms with Gasteiger partial charge in [-0.1, -0.05) is 129 Å². The average Bonchev–Trinajstić information content (AvgIpc) is 1.62. The Morgan fingerprint density at radius 3 is 1.55 bits per heavy atom. The van der Waals surface area contributed by atoms with Crippen LogP contribution in [0.1, 0.15) is 121 Å². The number of benzene rings is 7. The number of hydrogen-bond donors (Lipinski definition) is 5. The molecule has 2 saturated heterocycles. The molecular formula is C81H89BrN6O16S2. The van der Waals surface area contributed by atoms with Crippen LogP contribution in [0.3, 0.4) is 0 Å². The van der Waals surface area contributed by atoms with E-state index in [0.717, 1.165) is 96.9 Å². The van der Waals surface area contributed by atoms with Crippen LogP contribution < -0.4 is 43.8 Å². The van der Waals surface area contributed by atoms with Gasteiger partial charge in [0.15, 0.2) is 23.0 Å². The molecule has 0 saturated carbocycles. The molecular weight excluding hydrogens is 1460 g/mol. The van der Waals surface area contributed by atoms with Crippen molar-refractivity contribution >= 4 is 78.3 Å². The molecule has 6 heterocycles. The molecule has 4 aliphatic rings. The Bertz CT molecular complexity index is 4640. The van der Waals surface area contributed by atoms with Crippen molar-refractivity contribution in [1.82, 2.24) is 15.0 Å². The van der Waals surface area contributed by atoms with Crippen molar-refractivity contribution in [3.8, 4) is 44.9 Å². The molecule has 9 aromatic rings. The molecule has 558 valence electrons. The van der Waals surface area contributed by atoms with E-state index in [4.69, 9.17) is 37.7 Å². The third kappa shape index (κ3) is 18.5. The Balaban J connectivity index is 0.000000166. The van der Waals surface area contributed by atoms with Gasteiger partial charge in [-0.15, -0.1) is 11.3 Å². The van der Waals surface area contributed by atoms with Gasteiger partial charge in [-0.3, -0.25) is 29.0 Å². The lowest BCUT2D eigenvalue weighted by Gasteiger charge is -2.27. The predicted octanol–water partition coefficient (Wildman–Crippen LogP) is 15.7. The zero-order valence-corrected chi connectivity index (χ0v) is 63.9. The summed E-state index contributed by atoms with van der Waals surface area (Å²) in [5.74, 6) is -0.522. The molecule has 0 spiro atoms. The van der Waals surface area contributed by atoms with E-state index < -0.39 is 45.9 Å². The summed E-state index contributed by atoms with van der Waals surface area (Å²) in [6.07, 6.45) is 2.62. The normalized spacial score (nSPS) is 18.0. The molecule has 25 heteroatoms. The van der Waals surface area contributed by atoms with E-state index in [2.05, 4.69) is 50.3 Å². The first-order valence-corrected chi connectivity index (χ1v) is 38.5. The first-order valence-electron chi connectivity index (χ1n) is 35.4. The van der Waals surface area contributed by atoms with Gasteiger partial charge in [0.25, 0.3) is 15.9 Å². The lowest BCUT2D eigenvalue weighted by atomic mass is 9.82. The van der Waals surface area contributed by atoms with Crippen LogP contribution in [0.5, 0.6) is 34.5 Å². The van der Waals surface area contributed by atoms with Gasteiger partial charge in [0.05, 0.1) is 49.9 Å². The number of likely N-dealkylation sites (tertiary alicyclic amines) is 2. The van der Waals surface area contributed by atoms with E-state index in [1.165, 1.54) is 11.3 Å². The minimum absolute atomic E-state index is 0.0358. The van der Waals surface area contributed by atoms with Crippen LogP contribution >= 0.6 is 27.3 Å². The average molecular weight is 1550 g/mol. The van der Waals surface area contributed by atoms with Crippen LogP contribution in [-0.2, 0) is 46.8 Å². The van der Waals surface area contributed by atoms with E-state index in [-0.39, 0.29) is 66.5 Å². The molecule has 2 aromatic heterocycles. The van der Waals surface area contributed by atoms with Crippen LogP contribution in [0.15, 0.2) is 171 Å². The minimum atomic E-state index is -3.71. The lowest BCUT2D eigenvalue weighted by molar-refractivity contribution is -0.144. The highest BCUT2D eigenvalue weighted by molar-refractivity contribution is 9.10. The fraction of sp³-hybridized carbons (Fsp3) is 0.346. The highest BCUT2D eigenvalue weighted by Gasteiger charge is 2.50. The van der Waals surface area contributed by atoms with Crippen molar-refractivity contribution in [2.45, 2.75) is 116 Å². The zero-order valence-electron chi connectivity index (χ0n) is 60.7. The highest BCUT2D eigenvalue weighted by Crippen LogP contribution is 2.50. The number of anilines is 3. The molecule has 22 nitrogen and oxygen atoms in total. The SMILES string of the molecule is CCCOc1ccc([C@H]2[C@H](C(=O)O)[C@@H](c3ccc4c(c3)OCO4)CN2CC(=O)Nc2c(CC)cccc2CC)cc1.Cc1ccc(-c2ccc(S(=O)(=O)Nc3onc(C)c3Br)s2)cc1.Cc1cccc(C)c1NC(=O)CN1C[C@H](c2ccc3c(c2)OCO3)[C@@H](C(=O)O)[C@@H]1c1ccc(OCCOC(C)C)cc1. The fourth-order valence-electron chi connectivity index (χ4n) is 13.8. The number of aromatic nitrogens is 1. The Hall–Kier alpha value is -9.76. The summed E-state index contributed by atoms with van der Waals surface area (Å²) >= 11 is 4.45. The minimum Gasteiger partial charge on any atom is -0.494 e. The predicted molar refractivity (Wildman–Crippen MR) is 409 cm³/mol. The van der Waals surface area contributed by atoms with Crippen LogP contribution in [0.25, 0.3) is 10.4 Å². The van der Waals surface area contributed by atoms with Crippen LogP contribution in [-0.4, -0.2) is 123 Å². The maximum Gasteiger partial charge on any atom is 0.309 e. The van der Waals surface area contributed by atoms with Gasteiger partial charge in [-0.25, -0.2) is 13.1 Å². The zero-order chi connectivity index (χ0) is 75.3. The molecule has 2 amide bonds. The molecule has 7 aromatic carbocycles. The number of nitrogens with zero attached hydrogens (tertiary/aromatic N) is 3. The molecule has 106 heavy (non-hydrogen) atoms. The van der Waals surface area contributed by atoms with Crippen LogP contribution in [0.2, 0.25) is 0 Å². The number of ether oxygens (including phenoxy) is 7. The Kier molecular flexibility index (Phi) is 25.6. The molecule has 0 aliphatic carbocycles. The number of amides is 2. The second-order valence-corrected chi connectivity index (χ2v) is 30.5. The van der Waals surface area contributed by atoms with Gasteiger partial charge >= 0.3 is 11.9 Å². The van der Waals surface area contributed by atoms with E-state index in [0.29, 0.717) is 71.8 Å². The number of carboxylic acid groups (broad SMARTS) is 2. The number of rotatable bonds is 26. The van der Waals surface area contributed by atoms with Crippen molar-refractivity contribution in [3.63, 3.8) is 0 Å². The van der Waals surface area contributed by atoms with Gasteiger partial charge in [0.1, 0.15) is 26.8 Å². The fourth-order valence-corrected chi connectivity index (χ4v) is 16.5. The number of para-hydroxylation sites is 2. The summed E-state index contributed by atoms with van der Waals surface area (Å²) in [6.45, 7) is 20.4. The molecule has 6 atom stereocenters. The molecule has 2 fully saturated rings. The van der Waals surface area contributed by atoms with Crippen molar-refractivity contribution in [2.75, 3.05) is 74.9 Å². The Labute approximate surface area is 630 Å². The molecule has 5 N–H and O–H groups in total. The largest absolute Gasteiger partial charge is 0.494 e. The van der Waals surface area contributed by atoms with Gasteiger partial charge in [-0.2, -0.15) is 0 Å². The molecule has 0 bridgehead atoms. The van der Waals surface area contributed by atoms with Crippen LogP contribution in [0.4, 0.5) is 17.3 Å². The molecule has 0 radical (unpaired) electrons. The summed E-state index contributed by atoms with van der Waals surface area (Å²) in [4.78, 5) is 57.6. The number of fused-ring (bicyclic) bond motifs is 2. The van der Waals surface area contributed by atoms with E-state index in [9.17, 15) is 37.8 Å². The summed E-state index contributed by atoms with van der Waals surface area (Å²) in [7, 11) is -3.71. The molecule has 13 rings (SSSR count). The maximum absolute atomic E-state index is 13.6. The van der Waals surface area contributed by atoms with Crippen molar-refractivity contribution < 1.29 is 75.5 Å². The molecule has 4 aliphatic heterocycles. The van der Waals surface area contributed by atoms with Crippen molar-refractivity contribution in [3.05, 3.63) is 218 Å². The highest BCUT2D eigenvalue weighted by atomic mass is 79.9. The van der Waals surface area contributed by atoms with Gasteiger partial charge in [0.2, 0.25) is 25.4 Å². The number of carboxylic acids is 2. The first-order chi connectivity index (χ1) is 51.0. The summed E-state index contributed by atoms with van der Waals surface area (Å²) in [6, 6.07) is 48.4. The monoisotopic (exact) mass is 1540 g/mol. The number of carbonyl (C=O) groups excluding carboxylic acids is 2. The Morgan fingerprint density at radius 1 is 0.594 bits per heavy atom. The number of carbonyl (C=O) groups is 4. The maximum atomic E-state index is 13.6. The van der Waals surface area contributed by atoms with Crippen molar-refractivity contribution in [1.29, 1.82) is 0 Å². The second kappa shape index (κ2) is 35.1. The van der Waals surface area contributed by atoms with Gasteiger partial charge in [0, 0.05) is 53.3 Å². The van der Waals surface area contributed by atoms with Crippen molar-refractivity contribution in [2.24, 2.45) is 11.8 Å². The van der Waals surface area contributed by atoms with Gasteiger partial charge < -0.3 is 58.5 Å². The van der Waals surface area contributed by atoms with E-state index >= 15 is 0 Å². The number of aryl methyl sites for hydroxylation is 6.